The third kappa shape index (κ3) is 2.43. The number of hydrogen-bond acceptors (Lipinski definition) is 1. The zero-order valence-electron chi connectivity index (χ0n) is 7.60. The van der Waals surface area contributed by atoms with Crippen LogP contribution >= 0.6 is 21.7 Å². The summed E-state index contributed by atoms with van der Waals surface area (Å²) in [6, 6.07) is 8.37. The quantitative estimate of drug-likeness (QED) is 0.654. The van der Waals surface area contributed by atoms with Crippen molar-refractivity contribution in [2.75, 3.05) is 0 Å². The van der Waals surface area contributed by atoms with Gasteiger partial charge in [0.25, 0.3) is 0 Å². The van der Waals surface area contributed by atoms with Gasteiger partial charge in [-0.05, 0) is 44.8 Å². The molecule has 0 saturated heterocycles. The number of hydrogen-bond donors (Lipinski definition) is 0. The Morgan fingerprint density at radius 2 is 1.58 bits per heavy atom. The highest BCUT2D eigenvalue weighted by Crippen LogP contribution is 2.26. The van der Waals surface area contributed by atoms with E-state index in [-0.39, 0.29) is 5.41 Å². The fourth-order valence-corrected chi connectivity index (χ4v) is 1.55. The SMILES string of the molecule is CC(C)(C)c1ccc(SCl)cc1. The van der Waals surface area contributed by atoms with Crippen molar-refractivity contribution < 1.29 is 0 Å². The minimum Gasteiger partial charge on any atom is -0.0574 e. The van der Waals surface area contributed by atoms with E-state index in [2.05, 4.69) is 45.0 Å². The van der Waals surface area contributed by atoms with E-state index in [1.807, 2.05) is 0 Å². The first-order valence-electron chi connectivity index (χ1n) is 3.93. The zero-order valence-corrected chi connectivity index (χ0v) is 9.17. The van der Waals surface area contributed by atoms with E-state index in [0.717, 1.165) is 4.90 Å². The van der Waals surface area contributed by atoms with Crippen molar-refractivity contribution in [3.05, 3.63) is 29.8 Å². The molecule has 12 heavy (non-hydrogen) atoms. The van der Waals surface area contributed by atoms with Crippen LogP contribution in [0.5, 0.6) is 0 Å². The first-order valence-corrected chi connectivity index (χ1v) is 5.57. The van der Waals surface area contributed by atoms with Crippen molar-refractivity contribution in [1.29, 1.82) is 0 Å². The molecule has 0 N–H and O–H groups in total. The lowest BCUT2D eigenvalue weighted by atomic mass is 9.87. The molecule has 2 heteroatoms. The van der Waals surface area contributed by atoms with Crippen molar-refractivity contribution in [3.63, 3.8) is 0 Å². The molecular weight excluding hydrogens is 188 g/mol. The molecule has 0 atom stereocenters. The Morgan fingerprint density at radius 3 is 1.92 bits per heavy atom. The van der Waals surface area contributed by atoms with Crippen LogP contribution in [0.4, 0.5) is 0 Å². The first-order chi connectivity index (χ1) is 5.54. The molecule has 0 saturated carbocycles. The predicted octanol–water partition coefficient (Wildman–Crippen LogP) is 4.23. The van der Waals surface area contributed by atoms with Crippen LogP contribution in [0.1, 0.15) is 26.3 Å². The molecule has 0 bridgehead atoms. The van der Waals surface area contributed by atoms with Crippen LogP contribution < -0.4 is 0 Å². The van der Waals surface area contributed by atoms with Crippen LogP contribution in [-0.2, 0) is 5.41 Å². The summed E-state index contributed by atoms with van der Waals surface area (Å²) >= 11 is 0. The highest BCUT2D eigenvalue weighted by atomic mass is 35.7. The van der Waals surface area contributed by atoms with E-state index in [4.69, 9.17) is 10.7 Å². The molecule has 0 aliphatic carbocycles. The van der Waals surface area contributed by atoms with E-state index in [0.29, 0.717) is 0 Å². The van der Waals surface area contributed by atoms with Gasteiger partial charge in [0.05, 0.1) is 0 Å². The molecule has 0 radical (unpaired) electrons. The Morgan fingerprint density at radius 1 is 1.08 bits per heavy atom. The summed E-state index contributed by atoms with van der Waals surface area (Å²) in [7, 11) is 6.87. The van der Waals surface area contributed by atoms with Crippen LogP contribution in [0.25, 0.3) is 0 Å². The summed E-state index contributed by atoms with van der Waals surface area (Å²) in [5.74, 6) is 0. The summed E-state index contributed by atoms with van der Waals surface area (Å²) in [5.41, 5.74) is 1.58. The normalized spacial score (nSPS) is 11.7. The van der Waals surface area contributed by atoms with Crippen molar-refractivity contribution >= 4 is 21.7 Å². The first kappa shape index (κ1) is 9.94. The molecule has 0 unspecified atom stereocenters. The molecule has 0 fully saturated rings. The average Bonchev–Trinajstić information content (AvgIpc) is 2.03. The van der Waals surface area contributed by atoms with Crippen molar-refractivity contribution in [2.24, 2.45) is 0 Å². The van der Waals surface area contributed by atoms with Gasteiger partial charge in [-0.1, -0.05) is 32.9 Å². The Hall–Kier alpha value is -0.140. The van der Waals surface area contributed by atoms with Crippen molar-refractivity contribution in [3.8, 4) is 0 Å². The Balaban J connectivity index is 2.93. The predicted molar refractivity (Wildman–Crippen MR) is 56.9 cm³/mol. The van der Waals surface area contributed by atoms with Crippen LogP contribution in [0.3, 0.4) is 0 Å². The summed E-state index contributed by atoms with van der Waals surface area (Å²) in [6.45, 7) is 6.61. The summed E-state index contributed by atoms with van der Waals surface area (Å²) in [6.07, 6.45) is 0. The van der Waals surface area contributed by atoms with Gasteiger partial charge in [-0.2, -0.15) is 0 Å². The lowest BCUT2D eigenvalue weighted by Crippen LogP contribution is -2.10. The molecule has 0 heterocycles. The highest BCUT2D eigenvalue weighted by molar-refractivity contribution is 8.21. The molecule has 0 aliphatic rings. The fraction of sp³-hybridized carbons (Fsp3) is 0.400. The Bertz CT molecular complexity index is 246. The molecule has 0 nitrogen and oxygen atoms in total. The van der Waals surface area contributed by atoms with Gasteiger partial charge in [0.1, 0.15) is 0 Å². The van der Waals surface area contributed by atoms with Crippen LogP contribution in [-0.4, -0.2) is 0 Å². The molecule has 1 aromatic rings. The maximum absolute atomic E-state index is 5.61. The van der Waals surface area contributed by atoms with E-state index < -0.39 is 0 Å². The van der Waals surface area contributed by atoms with Gasteiger partial charge < -0.3 is 0 Å². The number of rotatable bonds is 1. The molecule has 0 aromatic heterocycles. The second-order valence-corrected chi connectivity index (χ2v) is 4.94. The zero-order chi connectivity index (χ0) is 9.19. The van der Waals surface area contributed by atoms with Gasteiger partial charge in [0.15, 0.2) is 0 Å². The number of halogens is 1. The molecule has 1 rings (SSSR count). The molecular formula is C10H13ClS. The fourth-order valence-electron chi connectivity index (χ4n) is 1.01. The maximum Gasteiger partial charge on any atom is 0.0233 e. The largest absolute Gasteiger partial charge is 0.0574 e. The van der Waals surface area contributed by atoms with Crippen molar-refractivity contribution in [1.82, 2.24) is 0 Å². The third-order valence-corrected chi connectivity index (χ3v) is 2.79. The molecule has 1 aromatic carbocycles. The van der Waals surface area contributed by atoms with Gasteiger partial charge in [0.2, 0.25) is 0 Å². The lowest BCUT2D eigenvalue weighted by Gasteiger charge is -2.18. The second kappa shape index (κ2) is 3.71. The Kier molecular flexibility index (Phi) is 3.08. The van der Waals surface area contributed by atoms with Gasteiger partial charge in [-0.15, -0.1) is 0 Å². The number of benzene rings is 1. The monoisotopic (exact) mass is 200 g/mol. The van der Waals surface area contributed by atoms with E-state index >= 15 is 0 Å². The van der Waals surface area contributed by atoms with Crippen LogP contribution in [0.15, 0.2) is 29.2 Å². The van der Waals surface area contributed by atoms with E-state index in [9.17, 15) is 0 Å². The summed E-state index contributed by atoms with van der Waals surface area (Å²) in [5, 5.41) is 0. The molecule has 66 valence electrons. The van der Waals surface area contributed by atoms with E-state index in [1.165, 1.54) is 16.5 Å². The lowest BCUT2D eigenvalue weighted by molar-refractivity contribution is 0.590. The minimum atomic E-state index is 0.232. The Labute approximate surface area is 82.8 Å². The topological polar surface area (TPSA) is 0 Å². The smallest absolute Gasteiger partial charge is 0.0233 e. The van der Waals surface area contributed by atoms with Crippen LogP contribution in [0, 0.1) is 0 Å². The van der Waals surface area contributed by atoms with Gasteiger partial charge in [-0.3, -0.25) is 0 Å². The molecule has 0 amide bonds. The van der Waals surface area contributed by atoms with Gasteiger partial charge >= 0.3 is 0 Å². The van der Waals surface area contributed by atoms with Gasteiger partial charge in [-0.25, -0.2) is 0 Å². The second-order valence-electron chi connectivity index (χ2n) is 3.85. The summed E-state index contributed by atoms with van der Waals surface area (Å²) in [4.78, 5) is 1.10. The standard InChI is InChI=1S/C10H13ClS/c1-10(2,3)8-4-6-9(12-11)7-5-8/h4-7H,1-3H3. The van der Waals surface area contributed by atoms with Crippen LogP contribution in [0.2, 0.25) is 0 Å². The van der Waals surface area contributed by atoms with E-state index in [1.54, 1.807) is 0 Å². The minimum absolute atomic E-state index is 0.232. The summed E-state index contributed by atoms with van der Waals surface area (Å²) < 4.78 is 0. The molecule has 0 spiro atoms. The maximum atomic E-state index is 5.61. The van der Waals surface area contributed by atoms with Crippen molar-refractivity contribution in [2.45, 2.75) is 31.1 Å². The highest BCUT2D eigenvalue weighted by Gasteiger charge is 2.12. The molecule has 0 aliphatic heterocycles. The van der Waals surface area contributed by atoms with Gasteiger partial charge in [0, 0.05) is 4.90 Å². The average molecular weight is 201 g/mol. The third-order valence-electron chi connectivity index (χ3n) is 1.81.